The van der Waals surface area contributed by atoms with E-state index in [2.05, 4.69) is 35.9 Å². The third kappa shape index (κ3) is 24.9. The molecule has 0 aromatic rings. The first-order chi connectivity index (χ1) is 17.9. The molecule has 2 amide bonds. The highest BCUT2D eigenvalue weighted by Crippen LogP contribution is 2.15. The predicted octanol–water partition coefficient (Wildman–Crippen LogP) is 1.65. The standard InChI is InChI=1S/C25H46N2O8S2/c1-21(28)5-10-32-12-14-34-16-17-35-15-13-33-11-9-27-25(31)22(20-23(29)6-18-36)4-2-3-8-26-24(30)7-19-37/h22,36-37H,2-20H2,1H3,(H,26,30)(H,27,31)/t22-/m1/s1. The molecule has 0 rings (SSSR count). The van der Waals surface area contributed by atoms with Crippen molar-refractivity contribution >= 4 is 48.6 Å². The molecule has 0 fully saturated rings. The van der Waals surface area contributed by atoms with Crippen LogP contribution < -0.4 is 10.6 Å². The highest BCUT2D eigenvalue weighted by atomic mass is 32.1. The van der Waals surface area contributed by atoms with E-state index in [1.54, 1.807) is 0 Å². The van der Waals surface area contributed by atoms with Crippen LogP contribution in [0.1, 0.15) is 51.9 Å². The van der Waals surface area contributed by atoms with Crippen LogP contribution in [0.4, 0.5) is 0 Å². The summed E-state index contributed by atoms with van der Waals surface area (Å²) in [5.74, 6) is 0.510. The van der Waals surface area contributed by atoms with E-state index >= 15 is 0 Å². The first-order valence-electron chi connectivity index (χ1n) is 13.0. The van der Waals surface area contributed by atoms with Crippen molar-refractivity contribution in [2.45, 2.75) is 51.9 Å². The molecule has 0 aliphatic rings. The van der Waals surface area contributed by atoms with E-state index in [1.165, 1.54) is 6.92 Å². The van der Waals surface area contributed by atoms with Crippen molar-refractivity contribution in [3.05, 3.63) is 0 Å². The third-order valence-electron chi connectivity index (χ3n) is 5.14. The van der Waals surface area contributed by atoms with Gasteiger partial charge in [0.25, 0.3) is 0 Å². The van der Waals surface area contributed by atoms with E-state index in [4.69, 9.17) is 18.9 Å². The van der Waals surface area contributed by atoms with E-state index in [9.17, 15) is 19.2 Å². The summed E-state index contributed by atoms with van der Waals surface area (Å²) in [6.45, 7) is 5.78. The molecule has 0 spiro atoms. The molecule has 10 nitrogen and oxygen atoms in total. The Morgan fingerprint density at radius 3 is 1.81 bits per heavy atom. The van der Waals surface area contributed by atoms with Crippen LogP contribution in [0, 0.1) is 5.92 Å². The summed E-state index contributed by atoms with van der Waals surface area (Å²) in [5.41, 5.74) is 0. The smallest absolute Gasteiger partial charge is 0.223 e. The van der Waals surface area contributed by atoms with Crippen LogP contribution in [0.25, 0.3) is 0 Å². The van der Waals surface area contributed by atoms with Crippen molar-refractivity contribution in [3.8, 4) is 0 Å². The molecule has 0 aromatic carbocycles. The zero-order chi connectivity index (χ0) is 27.6. The Kier molecular flexibility index (Phi) is 25.6. The Labute approximate surface area is 232 Å². The number of Topliss-reactive ketones (excluding diaryl/α,β-unsaturated/α-hetero) is 2. The van der Waals surface area contributed by atoms with E-state index in [0.717, 1.165) is 12.8 Å². The molecular formula is C25H46N2O8S2. The molecule has 12 heteroatoms. The number of nitrogens with one attached hydrogen (secondary N) is 2. The van der Waals surface area contributed by atoms with Crippen LogP contribution in [0.5, 0.6) is 0 Å². The quantitative estimate of drug-likeness (QED) is 0.0873. The second kappa shape index (κ2) is 26.4. The van der Waals surface area contributed by atoms with Crippen molar-refractivity contribution in [3.63, 3.8) is 0 Å². The van der Waals surface area contributed by atoms with Gasteiger partial charge in [-0.25, -0.2) is 0 Å². The van der Waals surface area contributed by atoms with Gasteiger partial charge in [0.15, 0.2) is 0 Å². The average molecular weight is 567 g/mol. The maximum atomic E-state index is 12.6. The molecule has 216 valence electrons. The fourth-order valence-corrected chi connectivity index (χ4v) is 3.58. The molecule has 0 heterocycles. The lowest BCUT2D eigenvalue weighted by Crippen LogP contribution is -2.34. The normalized spacial score (nSPS) is 11.8. The summed E-state index contributed by atoms with van der Waals surface area (Å²) in [6, 6.07) is 0. The Hall–Kier alpha value is -1.18. The van der Waals surface area contributed by atoms with Gasteiger partial charge in [0, 0.05) is 44.7 Å². The minimum absolute atomic E-state index is 0.0233. The molecule has 0 saturated carbocycles. The van der Waals surface area contributed by atoms with Crippen LogP contribution in [-0.4, -0.2) is 101 Å². The topological polar surface area (TPSA) is 129 Å². The molecular weight excluding hydrogens is 520 g/mol. The van der Waals surface area contributed by atoms with Gasteiger partial charge in [-0.15, -0.1) is 0 Å². The number of hydrogen-bond donors (Lipinski definition) is 4. The van der Waals surface area contributed by atoms with Gasteiger partial charge in [-0.2, -0.15) is 25.3 Å². The van der Waals surface area contributed by atoms with Crippen LogP contribution in [0.15, 0.2) is 0 Å². The van der Waals surface area contributed by atoms with Crippen LogP contribution >= 0.6 is 25.3 Å². The van der Waals surface area contributed by atoms with E-state index < -0.39 is 5.92 Å². The number of amides is 2. The van der Waals surface area contributed by atoms with Gasteiger partial charge in [-0.3, -0.25) is 19.2 Å². The second-order valence-electron chi connectivity index (χ2n) is 8.43. The molecule has 0 unspecified atom stereocenters. The maximum absolute atomic E-state index is 12.6. The Bertz CT molecular complexity index is 625. The summed E-state index contributed by atoms with van der Waals surface area (Å²) in [5, 5.41) is 5.67. The molecule has 0 aromatic heterocycles. The van der Waals surface area contributed by atoms with E-state index in [1.807, 2.05) is 0 Å². The highest BCUT2D eigenvalue weighted by Gasteiger charge is 2.21. The maximum Gasteiger partial charge on any atom is 0.223 e. The van der Waals surface area contributed by atoms with Crippen LogP contribution in [0.3, 0.4) is 0 Å². The molecule has 0 saturated heterocycles. The van der Waals surface area contributed by atoms with E-state index in [-0.39, 0.29) is 29.8 Å². The first kappa shape index (κ1) is 35.8. The number of hydrogen-bond acceptors (Lipinski definition) is 10. The van der Waals surface area contributed by atoms with Gasteiger partial charge in [0.1, 0.15) is 11.6 Å². The first-order valence-corrected chi connectivity index (χ1v) is 14.2. The lowest BCUT2D eigenvalue weighted by Gasteiger charge is -2.16. The average Bonchev–Trinajstić information content (AvgIpc) is 2.85. The number of rotatable bonds is 27. The Balaban J connectivity index is 3.87. The van der Waals surface area contributed by atoms with Gasteiger partial charge >= 0.3 is 0 Å². The third-order valence-corrected chi connectivity index (χ3v) is 5.58. The number of carbonyl (C=O) groups is 4. The number of ketones is 2. The Morgan fingerprint density at radius 1 is 0.676 bits per heavy atom. The zero-order valence-corrected chi connectivity index (χ0v) is 24.0. The fourth-order valence-electron chi connectivity index (χ4n) is 3.13. The summed E-state index contributed by atoms with van der Waals surface area (Å²) < 4.78 is 21.5. The SMILES string of the molecule is CC(=O)CCOCCOCCOCCOCCNC(=O)[C@H](CCCCNC(=O)CCS)CC(=O)CCS. The number of ether oxygens (including phenoxy) is 4. The molecule has 0 bridgehead atoms. The lowest BCUT2D eigenvalue weighted by atomic mass is 9.94. The van der Waals surface area contributed by atoms with Gasteiger partial charge in [0.05, 0.1) is 52.9 Å². The molecule has 1 atom stereocenters. The number of thiol groups is 2. The van der Waals surface area contributed by atoms with Gasteiger partial charge in [0.2, 0.25) is 11.8 Å². The largest absolute Gasteiger partial charge is 0.379 e. The zero-order valence-electron chi connectivity index (χ0n) is 22.2. The van der Waals surface area contributed by atoms with Crippen molar-refractivity contribution < 1.29 is 38.1 Å². The monoisotopic (exact) mass is 566 g/mol. The Morgan fingerprint density at radius 2 is 1.24 bits per heavy atom. The molecule has 0 aliphatic carbocycles. The fraction of sp³-hybridized carbons (Fsp3) is 0.840. The van der Waals surface area contributed by atoms with Crippen LogP contribution in [-0.2, 0) is 38.1 Å². The summed E-state index contributed by atoms with van der Waals surface area (Å²) in [7, 11) is 0. The summed E-state index contributed by atoms with van der Waals surface area (Å²) in [4.78, 5) is 46.9. The number of carbonyl (C=O) groups excluding carboxylic acids is 4. The minimum Gasteiger partial charge on any atom is -0.379 e. The molecule has 0 aliphatic heterocycles. The van der Waals surface area contributed by atoms with Crippen molar-refractivity contribution in [1.29, 1.82) is 0 Å². The summed E-state index contributed by atoms with van der Waals surface area (Å²) >= 11 is 8.13. The molecule has 2 N–H and O–H groups in total. The second-order valence-corrected chi connectivity index (χ2v) is 9.32. The van der Waals surface area contributed by atoms with Crippen LogP contribution in [0.2, 0.25) is 0 Å². The lowest BCUT2D eigenvalue weighted by molar-refractivity contribution is -0.129. The predicted molar refractivity (Wildman–Crippen MR) is 148 cm³/mol. The van der Waals surface area contributed by atoms with Gasteiger partial charge < -0.3 is 29.6 Å². The van der Waals surface area contributed by atoms with Gasteiger partial charge in [-0.1, -0.05) is 6.42 Å². The van der Waals surface area contributed by atoms with Crippen molar-refractivity contribution in [2.24, 2.45) is 5.92 Å². The van der Waals surface area contributed by atoms with Gasteiger partial charge in [-0.05, 0) is 31.3 Å². The summed E-state index contributed by atoms with van der Waals surface area (Å²) in [6.07, 6.45) is 3.39. The number of unbranched alkanes of at least 4 members (excludes halogenated alkanes) is 1. The molecule has 37 heavy (non-hydrogen) atoms. The molecule has 0 radical (unpaired) electrons. The minimum atomic E-state index is -0.400. The van der Waals surface area contributed by atoms with E-state index in [0.29, 0.717) is 103 Å². The van der Waals surface area contributed by atoms with Crippen molar-refractivity contribution in [2.75, 3.05) is 77.5 Å². The van der Waals surface area contributed by atoms with Crippen molar-refractivity contribution in [1.82, 2.24) is 10.6 Å². The highest BCUT2D eigenvalue weighted by molar-refractivity contribution is 7.80.